The molecule has 0 aliphatic carbocycles. The van der Waals surface area contributed by atoms with E-state index in [1.807, 2.05) is 0 Å². The number of nitrogens with zero attached hydrogens (tertiary/aromatic N) is 5. The Morgan fingerprint density at radius 2 is 2.00 bits per heavy atom. The second kappa shape index (κ2) is 6.72. The highest BCUT2D eigenvalue weighted by Gasteiger charge is 2.32. The number of hydrogen-bond donors (Lipinski definition) is 2. The van der Waals surface area contributed by atoms with Crippen LogP contribution >= 0.6 is 0 Å². The summed E-state index contributed by atoms with van der Waals surface area (Å²) in [7, 11) is 0. The lowest BCUT2D eigenvalue weighted by molar-refractivity contribution is -0.275. The topological polar surface area (TPSA) is 117 Å². The smallest absolute Gasteiger partial charge is 0.486 e. The van der Waals surface area contributed by atoms with Crippen LogP contribution in [0.5, 0.6) is 11.5 Å². The Bertz CT molecular complexity index is 1110. The van der Waals surface area contributed by atoms with Crippen molar-refractivity contribution < 1.29 is 22.6 Å². The minimum atomic E-state index is -4.86. The molecule has 9 nitrogen and oxygen atoms in total. The van der Waals surface area contributed by atoms with Crippen molar-refractivity contribution in [2.24, 2.45) is 0 Å². The van der Waals surface area contributed by atoms with E-state index < -0.39 is 12.1 Å². The second-order valence-corrected chi connectivity index (χ2v) is 5.64. The number of halogens is 3. The van der Waals surface area contributed by atoms with E-state index in [0.29, 0.717) is 11.2 Å². The molecular formula is C16H12F3N7O2. The van der Waals surface area contributed by atoms with E-state index in [4.69, 9.17) is 10.5 Å². The summed E-state index contributed by atoms with van der Waals surface area (Å²) in [4.78, 5) is 7.84. The van der Waals surface area contributed by atoms with E-state index >= 15 is 0 Å². The van der Waals surface area contributed by atoms with Gasteiger partial charge in [0.25, 0.3) is 0 Å². The van der Waals surface area contributed by atoms with Crippen molar-refractivity contribution in [3.05, 3.63) is 48.5 Å². The number of pyridine rings is 1. The molecule has 0 aliphatic heterocycles. The molecule has 0 spiro atoms. The van der Waals surface area contributed by atoms with Crippen molar-refractivity contribution in [2.45, 2.75) is 13.0 Å². The van der Waals surface area contributed by atoms with Gasteiger partial charge in [0.1, 0.15) is 18.2 Å². The summed E-state index contributed by atoms with van der Waals surface area (Å²) in [6.07, 6.45) is -0.283. The third-order valence-corrected chi connectivity index (χ3v) is 3.74. The van der Waals surface area contributed by atoms with Gasteiger partial charge >= 0.3 is 6.36 Å². The first-order valence-electron chi connectivity index (χ1n) is 7.86. The minimum Gasteiger partial charge on any atom is -0.486 e. The molecule has 3 aromatic heterocycles. The summed E-state index contributed by atoms with van der Waals surface area (Å²) in [6, 6.07) is 5.76. The van der Waals surface area contributed by atoms with Crippen molar-refractivity contribution in [2.75, 3.05) is 5.73 Å². The lowest BCUT2D eigenvalue weighted by Crippen LogP contribution is -2.18. The predicted octanol–water partition coefficient (Wildman–Crippen LogP) is 2.60. The molecule has 12 heteroatoms. The standard InChI is InChI=1S/C16H12F3N7O2/c17-16(18,19)28-11-5-10(26-4-3-21-8-26)2-1-9(11)7-27-12-6-13(20)22-15-14(12)23-25-24-15/h1-6,8H,7H2,(H3,20,22,23,24,25). The number of nitrogens with one attached hydrogen (secondary N) is 1. The zero-order chi connectivity index (χ0) is 19.7. The van der Waals surface area contributed by atoms with Crippen LogP contribution in [-0.2, 0) is 6.61 Å². The molecule has 0 bridgehead atoms. The van der Waals surface area contributed by atoms with E-state index in [9.17, 15) is 13.2 Å². The van der Waals surface area contributed by atoms with Crippen LogP contribution in [0.25, 0.3) is 16.9 Å². The Labute approximate surface area is 154 Å². The summed E-state index contributed by atoms with van der Waals surface area (Å²) in [5.41, 5.74) is 6.85. The molecular weight excluding hydrogens is 379 g/mol. The van der Waals surface area contributed by atoms with Gasteiger partial charge in [-0.2, -0.15) is 10.3 Å². The van der Waals surface area contributed by atoms with E-state index in [2.05, 4.69) is 30.1 Å². The number of fused-ring (bicyclic) bond motifs is 1. The SMILES string of the molecule is Nc1cc(OCc2ccc(-n3ccnc3)cc2OC(F)(F)F)c2n[nH]nc2n1. The Kier molecular flexibility index (Phi) is 4.22. The maximum atomic E-state index is 12.8. The van der Waals surface area contributed by atoms with Gasteiger partial charge < -0.3 is 19.8 Å². The van der Waals surface area contributed by atoms with Crippen molar-refractivity contribution in [1.29, 1.82) is 0 Å². The number of H-pyrrole nitrogens is 1. The molecule has 1 aromatic carbocycles. The lowest BCUT2D eigenvalue weighted by Gasteiger charge is -2.15. The van der Waals surface area contributed by atoms with Crippen molar-refractivity contribution in [1.82, 2.24) is 29.9 Å². The van der Waals surface area contributed by atoms with Crippen LogP contribution < -0.4 is 15.2 Å². The molecule has 28 heavy (non-hydrogen) atoms. The number of nitrogen functional groups attached to an aromatic ring is 1. The molecule has 3 heterocycles. The average Bonchev–Trinajstić information content (AvgIpc) is 3.30. The highest BCUT2D eigenvalue weighted by molar-refractivity contribution is 5.78. The Balaban J connectivity index is 1.65. The molecule has 4 aromatic rings. The number of aromatic nitrogens is 6. The molecule has 0 saturated heterocycles. The molecule has 0 saturated carbocycles. The van der Waals surface area contributed by atoms with Crippen molar-refractivity contribution in [3.8, 4) is 17.2 Å². The van der Waals surface area contributed by atoms with E-state index in [1.54, 1.807) is 16.8 Å². The van der Waals surface area contributed by atoms with Crippen LogP contribution in [-0.4, -0.2) is 36.3 Å². The molecule has 0 atom stereocenters. The first-order chi connectivity index (χ1) is 13.4. The molecule has 0 radical (unpaired) electrons. The second-order valence-electron chi connectivity index (χ2n) is 5.64. The average molecular weight is 391 g/mol. The van der Waals surface area contributed by atoms with Crippen LogP contribution in [0.4, 0.5) is 19.0 Å². The van der Waals surface area contributed by atoms with E-state index in [1.165, 1.54) is 30.7 Å². The van der Waals surface area contributed by atoms with Crippen molar-refractivity contribution in [3.63, 3.8) is 0 Å². The van der Waals surface area contributed by atoms with Gasteiger partial charge in [-0.1, -0.05) is 0 Å². The van der Waals surface area contributed by atoms with Gasteiger partial charge in [-0.05, 0) is 12.1 Å². The summed E-state index contributed by atoms with van der Waals surface area (Å²) < 4.78 is 49.9. The first kappa shape index (κ1) is 17.6. The molecule has 0 aliphatic rings. The summed E-state index contributed by atoms with van der Waals surface area (Å²) in [6.45, 7) is -0.221. The monoisotopic (exact) mass is 391 g/mol. The van der Waals surface area contributed by atoms with Gasteiger partial charge in [-0.15, -0.1) is 18.3 Å². The molecule has 0 amide bonds. The normalized spacial score (nSPS) is 11.7. The first-order valence-corrected chi connectivity index (χ1v) is 7.86. The zero-order valence-corrected chi connectivity index (χ0v) is 14.0. The molecule has 0 fully saturated rings. The Morgan fingerprint density at radius 1 is 1.14 bits per heavy atom. The maximum Gasteiger partial charge on any atom is 0.573 e. The van der Waals surface area contributed by atoms with Crippen LogP contribution in [0.3, 0.4) is 0 Å². The van der Waals surface area contributed by atoms with Crippen LogP contribution in [0.2, 0.25) is 0 Å². The van der Waals surface area contributed by atoms with E-state index in [-0.39, 0.29) is 29.4 Å². The zero-order valence-electron chi connectivity index (χ0n) is 14.0. The molecule has 0 unspecified atom stereocenters. The fourth-order valence-corrected chi connectivity index (χ4v) is 2.55. The predicted molar refractivity (Wildman–Crippen MR) is 90.7 cm³/mol. The number of ether oxygens (including phenoxy) is 2. The van der Waals surface area contributed by atoms with Gasteiger partial charge in [0.2, 0.25) is 5.65 Å². The summed E-state index contributed by atoms with van der Waals surface area (Å²) in [5, 5.41) is 10.1. The molecule has 3 N–H and O–H groups in total. The molecule has 144 valence electrons. The van der Waals surface area contributed by atoms with Gasteiger partial charge in [0.05, 0.1) is 12.0 Å². The Hall–Kier alpha value is -3.83. The third kappa shape index (κ3) is 3.65. The fraction of sp³-hybridized carbons (Fsp3) is 0.125. The summed E-state index contributed by atoms with van der Waals surface area (Å²) in [5.74, 6) is -0.0244. The highest BCUT2D eigenvalue weighted by atomic mass is 19.4. The Morgan fingerprint density at radius 3 is 2.75 bits per heavy atom. The number of anilines is 1. The van der Waals surface area contributed by atoms with Crippen LogP contribution in [0.1, 0.15) is 5.56 Å². The van der Waals surface area contributed by atoms with Gasteiger partial charge in [-0.25, -0.2) is 9.97 Å². The number of imidazole rings is 1. The van der Waals surface area contributed by atoms with Gasteiger partial charge in [0, 0.05) is 30.1 Å². The van der Waals surface area contributed by atoms with Crippen molar-refractivity contribution >= 4 is 17.0 Å². The highest BCUT2D eigenvalue weighted by Crippen LogP contribution is 2.31. The van der Waals surface area contributed by atoms with Gasteiger partial charge in [0.15, 0.2) is 11.3 Å². The number of aromatic amines is 1. The van der Waals surface area contributed by atoms with Gasteiger partial charge in [-0.3, -0.25) is 0 Å². The number of rotatable bonds is 5. The minimum absolute atomic E-state index is 0.138. The van der Waals surface area contributed by atoms with Crippen LogP contribution in [0, 0.1) is 0 Å². The van der Waals surface area contributed by atoms with E-state index in [0.717, 1.165) is 0 Å². The maximum absolute atomic E-state index is 12.8. The summed E-state index contributed by atoms with van der Waals surface area (Å²) >= 11 is 0. The fourth-order valence-electron chi connectivity index (χ4n) is 2.55. The third-order valence-electron chi connectivity index (χ3n) is 3.74. The largest absolute Gasteiger partial charge is 0.573 e. The quantitative estimate of drug-likeness (QED) is 0.537. The number of hydrogen-bond acceptors (Lipinski definition) is 7. The number of benzene rings is 1. The molecule has 4 rings (SSSR count). The van der Waals surface area contributed by atoms with Crippen LogP contribution in [0.15, 0.2) is 43.0 Å². The number of alkyl halides is 3. The lowest BCUT2D eigenvalue weighted by atomic mass is 10.2. The number of nitrogens with two attached hydrogens (primary N) is 1.